The lowest BCUT2D eigenvalue weighted by atomic mass is 10.1. The normalized spacial score (nSPS) is 19.3. The summed E-state index contributed by atoms with van der Waals surface area (Å²) in [6.07, 6.45) is 11.7. The van der Waals surface area contributed by atoms with Gasteiger partial charge < -0.3 is 5.32 Å². The molecule has 0 aliphatic heterocycles. The Morgan fingerprint density at radius 2 is 2.00 bits per heavy atom. The van der Waals surface area contributed by atoms with Gasteiger partial charge in [-0.15, -0.1) is 0 Å². The molecule has 0 radical (unpaired) electrons. The van der Waals surface area contributed by atoms with E-state index in [0.29, 0.717) is 6.04 Å². The van der Waals surface area contributed by atoms with Crippen molar-refractivity contribution < 1.29 is 0 Å². The van der Waals surface area contributed by atoms with E-state index < -0.39 is 0 Å². The van der Waals surface area contributed by atoms with E-state index in [0.717, 1.165) is 12.5 Å². The van der Waals surface area contributed by atoms with Gasteiger partial charge in [-0.05, 0) is 31.7 Å². The molecular weight excluding hydrogens is 158 g/mol. The topological polar surface area (TPSA) is 12.0 Å². The first-order chi connectivity index (χ1) is 6.29. The van der Waals surface area contributed by atoms with Crippen LogP contribution in [0.2, 0.25) is 0 Å². The molecule has 1 fully saturated rings. The van der Waals surface area contributed by atoms with Gasteiger partial charge in [-0.2, -0.15) is 0 Å². The maximum Gasteiger partial charge on any atom is 0.00105 e. The van der Waals surface area contributed by atoms with Crippen molar-refractivity contribution in [1.82, 2.24) is 5.32 Å². The zero-order valence-electron chi connectivity index (χ0n) is 9.05. The van der Waals surface area contributed by atoms with Crippen LogP contribution in [-0.4, -0.2) is 12.6 Å². The third-order valence-corrected chi connectivity index (χ3v) is 2.67. The highest BCUT2D eigenvalue weighted by atomic mass is 14.9. The van der Waals surface area contributed by atoms with E-state index in [9.17, 15) is 0 Å². The molecule has 0 spiro atoms. The van der Waals surface area contributed by atoms with E-state index in [1.54, 1.807) is 0 Å². The van der Waals surface area contributed by atoms with E-state index >= 15 is 0 Å². The van der Waals surface area contributed by atoms with Crippen molar-refractivity contribution >= 4 is 0 Å². The summed E-state index contributed by atoms with van der Waals surface area (Å²) in [6, 6.07) is 0.625. The Labute approximate surface area is 82.6 Å². The minimum absolute atomic E-state index is 0.625. The lowest BCUT2D eigenvalue weighted by Crippen LogP contribution is -2.23. The van der Waals surface area contributed by atoms with Gasteiger partial charge in [0.1, 0.15) is 0 Å². The fraction of sp³-hybridized carbons (Fsp3) is 0.833. The molecule has 1 nitrogen and oxygen atoms in total. The van der Waals surface area contributed by atoms with Gasteiger partial charge in [0, 0.05) is 6.04 Å². The molecule has 0 atom stereocenters. The second-order valence-electron chi connectivity index (χ2n) is 4.37. The molecule has 1 aliphatic carbocycles. The standard InChI is InChI=1S/C12H23N/c1-11(2)13-10-6-5-9-12-7-3-4-8-12/h5,9,11-13H,3-4,6-8,10H2,1-2H3. The van der Waals surface area contributed by atoms with Crippen molar-refractivity contribution in [2.24, 2.45) is 5.92 Å². The predicted molar refractivity (Wildman–Crippen MR) is 58.9 cm³/mol. The lowest BCUT2D eigenvalue weighted by molar-refractivity contribution is 0.592. The highest BCUT2D eigenvalue weighted by Gasteiger charge is 2.10. The van der Waals surface area contributed by atoms with Gasteiger partial charge in [-0.25, -0.2) is 0 Å². The van der Waals surface area contributed by atoms with Crippen LogP contribution in [0.15, 0.2) is 12.2 Å². The van der Waals surface area contributed by atoms with E-state index in [1.165, 1.54) is 32.1 Å². The zero-order valence-corrected chi connectivity index (χ0v) is 9.05. The molecule has 0 aromatic rings. The van der Waals surface area contributed by atoms with Crippen LogP contribution in [-0.2, 0) is 0 Å². The van der Waals surface area contributed by atoms with Gasteiger partial charge in [0.05, 0.1) is 0 Å². The molecule has 0 unspecified atom stereocenters. The third kappa shape index (κ3) is 5.09. The molecule has 13 heavy (non-hydrogen) atoms. The van der Waals surface area contributed by atoms with Gasteiger partial charge in [-0.1, -0.05) is 38.8 Å². The number of nitrogens with one attached hydrogen (secondary N) is 1. The lowest BCUT2D eigenvalue weighted by Gasteiger charge is -2.05. The number of rotatable bonds is 5. The molecule has 1 rings (SSSR count). The number of hydrogen-bond donors (Lipinski definition) is 1. The first-order valence-corrected chi connectivity index (χ1v) is 5.69. The van der Waals surface area contributed by atoms with Crippen LogP contribution in [0.4, 0.5) is 0 Å². The monoisotopic (exact) mass is 181 g/mol. The Kier molecular flexibility index (Phi) is 5.14. The van der Waals surface area contributed by atoms with Crippen LogP contribution >= 0.6 is 0 Å². The van der Waals surface area contributed by atoms with Crippen molar-refractivity contribution in [1.29, 1.82) is 0 Å². The average Bonchev–Trinajstić information content (AvgIpc) is 2.55. The largest absolute Gasteiger partial charge is 0.314 e. The summed E-state index contributed by atoms with van der Waals surface area (Å²) < 4.78 is 0. The van der Waals surface area contributed by atoms with Gasteiger partial charge >= 0.3 is 0 Å². The fourth-order valence-electron chi connectivity index (χ4n) is 1.89. The Morgan fingerprint density at radius 1 is 1.31 bits per heavy atom. The quantitative estimate of drug-likeness (QED) is 0.507. The number of allylic oxidation sites excluding steroid dienone is 1. The zero-order chi connectivity index (χ0) is 9.52. The van der Waals surface area contributed by atoms with Crippen LogP contribution in [0, 0.1) is 5.92 Å². The van der Waals surface area contributed by atoms with E-state index in [2.05, 4.69) is 31.3 Å². The van der Waals surface area contributed by atoms with Crippen molar-refractivity contribution in [3.63, 3.8) is 0 Å². The Hall–Kier alpha value is -0.300. The van der Waals surface area contributed by atoms with E-state index in [-0.39, 0.29) is 0 Å². The summed E-state index contributed by atoms with van der Waals surface area (Å²) in [5.74, 6) is 0.902. The maximum atomic E-state index is 3.42. The first-order valence-electron chi connectivity index (χ1n) is 5.69. The molecule has 0 saturated heterocycles. The SMILES string of the molecule is CC(C)NCCC=CC1CCCC1. The Balaban J connectivity index is 1.97. The second-order valence-corrected chi connectivity index (χ2v) is 4.37. The van der Waals surface area contributed by atoms with Crippen LogP contribution in [0.5, 0.6) is 0 Å². The van der Waals surface area contributed by atoms with Crippen LogP contribution in [0.1, 0.15) is 46.0 Å². The molecule has 0 aromatic heterocycles. The summed E-state index contributed by atoms with van der Waals surface area (Å²) in [5, 5.41) is 3.42. The molecular formula is C12H23N. The summed E-state index contributed by atoms with van der Waals surface area (Å²) in [6.45, 7) is 5.52. The van der Waals surface area contributed by atoms with Crippen molar-refractivity contribution in [2.75, 3.05) is 6.54 Å². The molecule has 0 amide bonds. The van der Waals surface area contributed by atoms with E-state index in [4.69, 9.17) is 0 Å². The van der Waals surface area contributed by atoms with Crippen molar-refractivity contribution in [3.05, 3.63) is 12.2 Å². The Bertz CT molecular complexity index is 143. The van der Waals surface area contributed by atoms with E-state index in [1.807, 2.05) is 0 Å². The summed E-state index contributed by atoms with van der Waals surface area (Å²) in [4.78, 5) is 0. The van der Waals surface area contributed by atoms with Crippen LogP contribution in [0.25, 0.3) is 0 Å². The minimum Gasteiger partial charge on any atom is -0.314 e. The Morgan fingerprint density at radius 3 is 2.62 bits per heavy atom. The fourth-order valence-corrected chi connectivity index (χ4v) is 1.89. The van der Waals surface area contributed by atoms with Gasteiger partial charge in [0.25, 0.3) is 0 Å². The first kappa shape index (κ1) is 10.8. The average molecular weight is 181 g/mol. The summed E-state index contributed by atoms with van der Waals surface area (Å²) in [7, 11) is 0. The van der Waals surface area contributed by atoms with Crippen LogP contribution < -0.4 is 5.32 Å². The van der Waals surface area contributed by atoms with Crippen LogP contribution in [0.3, 0.4) is 0 Å². The highest BCUT2D eigenvalue weighted by molar-refractivity contribution is 4.91. The number of hydrogen-bond acceptors (Lipinski definition) is 1. The molecule has 1 aliphatic rings. The molecule has 0 bridgehead atoms. The molecule has 1 saturated carbocycles. The smallest absolute Gasteiger partial charge is 0.00105 e. The molecule has 0 aromatic carbocycles. The van der Waals surface area contributed by atoms with Crippen molar-refractivity contribution in [3.8, 4) is 0 Å². The second kappa shape index (κ2) is 6.20. The molecule has 1 heteroatoms. The van der Waals surface area contributed by atoms with Gasteiger partial charge in [0.15, 0.2) is 0 Å². The highest BCUT2D eigenvalue weighted by Crippen LogP contribution is 2.25. The molecule has 1 N–H and O–H groups in total. The summed E-state index contributed by atoms with van der Waals surface area (Å²) in [5.41, 5.74) is 0. The predicted octanol–water partition coefficient (Wildman–Crippen LogP) is 3.12. The molecule has 0 heterocycles. The summed E-state index contributed by atoms with van der Waals surface area (Å²) >= 11 is 0. The third-order valence-electron chi connectivity index (χ3n) is 2.67. The van der Waals surface area contributed by atoms with Gasteiger partial charge in [-0.3, -0.25) is 0 Å². The molecule has 76 valence electrons. The maximum absolute atomic E-state index is 3.42. The van der Waals surface area contributed by atoms with Gasteiger partial charge in [0.2, 0.25) is 0 Å². The van der Waals surface area contributed by atoms with Crippen molar-refractivity contribution in [2.45, 2.75) is 52.0 Å². The minimum atomic E-state index is 0.625.